The summed E-state index contributed by atoms with van der Waals surface area (Å²) in [7, 11) is 4.18. The predicted molar refractivity (Wildman–Crippen MR) is 69.6 cm³/mol. The number of hydrogen-bond acceptors (Lipinski definition) is 4. The van der Waals surface area contributed by atoms with Gasteiger partial charge in [0.2, 0.25) is 0 Å². The summed E-state index contributed by atoms with van der Waals surface area (Å²) < 4.78 is 0. The van der Waals surface area contributed by atoms with Gasteiger partial charge in [0.05, 0.1) is 12.6 Å². The molecule has 0 saturated carbocycles. The molecule has 1 rings (SSSR count). The number of nitrogens with zero attached hydrogens (tertiary/aromatic N) is 3. The molecule has 0 aromatic heterocycles. The normalized spacial score (nSPS) is 22.7. The first kappa shape index (κ1) is 13.3. The molecule has 2 atom stereocenters. The van der Waals surface area contributed by atoms with Crippen LogP contribution in [0, 0.1) is 5.92 Å². The summed E-state index contributed by atoms with van der Waals surface area (Å²) in [5.74, 6) is 1.41. The lowest BCUT2D eigenvalue weighted by atomic mass is 9.96. The molecule has 94 valence electrons. The SMILES string of the molecule is CCCC(C)C1CN=C(N)N1CCN(C)C. The highest BCUT2D eigenvalue weighted by Gasteiger charge is 2.29. The monoisotopic (exact) mass is 226 g/mol. The third-order valence-electron chi connectivity index (χ3n) is 3.32. The maximum atomic E-state index is 5.95. The van der Waals surface area contributed by atoms with E-state index in [1.165, 1.54) is 12.8 Å². The van der Waals surface area contributed by atoms with Gasteiger partial charge in [-0.1, -0.05) is 20.3 Å². The second kappa shape index (κ2) is 6.09. The molecule has 4 heteroatoms. The summed E-state index contributed by atoms with van der Waals surface area (Å²) in [5.41, 5.74) is 5.95. The molecule has 1 heterocycles. The van der Waals surface area contributed by atoms with E-state index in [4.69, 9.17) is 5.73 Å². The van der Waals surface area contributed by atoms with Crippen molar-refractivity contribution in [2.24, 2.45) is 16.6 Å². The number of rotatable bonds is 6. The van der Waals surface area contributed by atoms with E-state index in [2.05, 4.69) is 42.7 Å². The second-order valence-corrected chi connectivity index (χ2v) is 5.03. The van der Waals surface area contributed by atoms with Crippen LogP contribution < -0.4 is 5.73 Å². The molecular weight excluding hydrogens is 200 g/mol. The van der Waals surface area contributed by atoms with Crippen molar-refractivity contribution in [2.45, 2.75) is 32.7 Å². The molecule has 2 unspecified atom stereocenters. The Hall–Kier alpha value is -0.770. The van der Waals surface area contributed by atoms with Crippen molar-refractivity contribution >= 4 is 5.96 Å². The van der Waals surface area contributed by atoms with E-state index >= 15 is 0 Å². The number of nitrogens with two attached hydrogens (primary N) is 1. The molecule has 1 aliphatic rings. The van der Waals surface area contributed by atoms with Crippen molar-refractivity contribution in [3.8, 4) is 0 Å². The van der Waals surface area contributed by atoms with Crippen LogP contribution in [0.2, 0.25) is 0 Å². The van der Waals surface area contributed by atoms with Crippen LogP contribution in [-0.4, -0.2) is 55.5 Å². The van der Waals surface area contributed by atoms with Crippen LogP contribution in [0.15, 0.2) is 4.99 Å². The fourth-order valence-electron chi connectivity index (χ4n) is 2.27. The van der Waals surface area contributed by atoms with Gasteiger partial charge in [-0.25, -0.2) is 0 Å². The maximum Gasteiger partial charge on any atom is 0.191 e. The van der Waals surface area contributed by atoms with Gasteiger partial charge in [0, 0.05) is 13.1 Å². The van der Waals surface area contributed by atoms with Gasteiger partial charge in [-0.3, -0.25) is 4.99 Å². The Labute approximate surface area is 99.5 Å². The first-order valence-electron chi connectivity index (χ1n) is 6.27. The average Bonchev–Trinajstić information content (AvgIpc) is 2.57. The van der Waals surface area contributed by atoms with Crippen molar-refractivity contribution in [1.82, 2.24) is 9.80 Å². The van der Waals surface area contributed by atoms with Crippen LogP contribution in [-0.2, 0) is 0 Å². The van der Waals surface area contributed by atoms with Gasteiger partial charge in [0.1, 0.15) is 0 Å². The van der Waals surface area contributed by atoms with Crippen LogP contribution in [0.25, 0.3) is 0 Å². The smallest absolute Gasteiger partial charge is 0.191 e. The summed E-state index contributed by atoms with van der Waals surface area (Å²) >= 11 is 0. The van der Waals surface area contributed by atoms with E-state index < -0.39 is 0 Å². The van der Waals surface area contributed by atoms with E-state index in [-0.39, 0.29) is 0 Å². The molecule has 16 heavy (non-hydrogen) atoms. The lowest BCUT2D eigenvalue weighted by Gasteiger charge is -2.31. The van der Waals surface area contributed by atoms with Crippen LogP contribution in [0.1, 0.15) is 26.7 Å². The fourth-order valence-corrected chi connectivity index (χ4v) is 2.27. The highest BCUT2D eigenvalue weighted by molar-refractivity contribution is 5.80. The Morgan fingerprint density at radius 2 is 2.25 bits per heavy atom. The topological polar surface area (TPSA) is 44.9 Å². The highest BCUT2D eigenvalue weighted by atomic mass is 15.3. The molecule has 0 amide bonds. The van der Waals surface area contributed by atoms with Gasteiger partial charge in [0.15, 0.2) is 5.96 Å². The molecule has 0 saturated heterocycles. The van der Waals surface area contributed by atoms with Crippen LogP contribution in [0.3, 0.4) is 0 Å². The zero-order valence-corrected chi connectivity index (χ0v) is 11.1. The second-order valence-electron chi connectivity index (χ2n) is 5.03. The molecule has 0 aromatic carbocycles. The van der Waals surface area contributed by atoms with Crippen LogP contribution >= 0.6 is 0 Å². The number of hydrogen-bond donors (Lipinski definition) is 1. The third-order valence-corrected chi connectivity index (χ3v) is 3.32. The Morgan fingerprint density at radius 1 is 1.56 bits per heavy atom. The number of guanidine groups is 1. The Balaban J connectivity index is 2.51. The molecule has 0 aliphatic carbocycles. The van der Waals surface area contributed by atoms with Crippen molar-refractivity contribution in [2.75, 3.05) is 33.7 Å². The molecule has 0 spiro atoms. The van der Waals surface area contributed by atoms with Gasteiger partial charge in [-0.15, -0.1) is 0 Å². The maximum absolute atomic E-state index is 5.95. The Morgan fingerprint density at radius 3 is 2.81 bits per heavy atom. The number of likely N-dealkylation sites (N-methyl/N-ethyl adjacent to an activating group) is 1. The fraction of sp³-hybridized carbons (Fsp3) is 0.917. The van der Waals surface area contributed by atoms with Crippen molar-refractivity contribution < 1.29 is 0 Å². The van der Waals surface area contributed by atoms with E-state index in [0.29, 0.717) is 12.0 Å². The lowest BCUT2D eigenvalue weighted by molar-refractivity contribution is 0.230. The lowest BCUT2D eigenvalue weighted by Crippen LogP contribution is -2.46. The molecule has 2 N–H and O–H groups in total. The molecule has 0 fully saturated rings. The van der Waals surface area contributed by atoms with Gasteiger partial charge >= 0.3 is 0 Å². The Kier molecular flexibility index (Phi) is 5.06. The summed E-state index contributed by atoms with van der Waals surface area (Å²) in [4.78, 5) is 8.85. The first-order chi connectivity index (χ1) is 7.56. The largest absolute Gasteiger partial charge is 0.370 e. The van der Waals surface area contributed by atoms with Crippen molar-refractivity contribution in [3.63, 3.8) is 0 Å². The molecular formula is C12H26N4. The van der Waals surface area contributed by atoms with E-state index in [9.17, 15) is 0 Å². The van der Waals surface area contributed by atoms with Crippen molar-refractivity contribution in [1.29, 1.82) is 0 Å². The minimum atomic E-state index is 0.514. The van der Waals surface area contributed by atoms with Crippen LogP contribution in [0.4, 0.5) is 0 Å². The highest BCUT2D eigenvalue weighted by Crippen LogP contribution is 2.20. The van der Waals surface area contributed by atoms with Crippen molar-refractivity contribution in [3.05, 3.63) is 0 Å². The zero-order valence-electron chi connectivity index (χ0n) is 11.1. The first-order valence-corrected chi connectivity index (χ1v) is 6.27. The van der Waals surface area contributed by atoms with Gasteiger partial charge in [-0.2, -0.15) is 0 Å². The zero-order chi connectivity index (χ0) is 12.1. The summed E-state index contributed by atoms with van der Waals surface area (Å²) in [6, 6.07) is 0.514. The molecule has 4 nitrogen and oxygen atoms in total. The Bertz CT molecular complexity index is 237. The third kappa shape index (κ3) is 3.37. The standard InChI is InChI=1S/C12H26N4/c1-5-6-10(2)11-9-14-12(13)16(11)8-7-15(3)4/h10-11H,5-9H2,1-4H3,(H2,13,14). The van der Waals surface area contributed by atoms with Gasteiger partial charge in [0.25, 0.3) is 0 Å². The quantitative estimate of drug-likeness (QED) is 0.734. The minimum Gasteiger partial charge on any atom is -0.370 e. The molecule has 1 aliphatic heterocycles. The van der Waals surface area contributed by atoms with E-state index in [0.717, 1.165) is 25.6 Å². The molecule has 0 aromatic rings. The number of aliphatic imine (C=N–C) groups is 1. The van der Waals surface area contributed by atoms with E-state index in [1.54, 1.807) is 0 Å². The van der Waals surface area contributed by atoms with Gasteiger partial charge < -0.3 is 15.5 Å². The summed E-state index contributed by atoms with van der Waals surface area (Å²) in [5, 5.41) is 0. The summed E-state index contributed by atoms with van der Waals surface area (Å²) in [6.45, 7) is 7.44. The average molecular weight is 226 g/mol. The minimum absolute atomic E-state index is 0.514. The molecule has 0 bridgehead atoms. The van der Waals surface area contributed by atoms with Crippen LogP contribution in [0.5, 0.6) is 0 Å². The predicted octanol–water partition coefficient (Wildman–Crippen LogP) is 0.983. The molecule has 0 radical (unpaired) electrons. The van der Waals surface area contributed by atoms with E-state index in [1.807, 2.05) is 0 Å². The van der Waals surface area contributed by atoms with Gasteiger partial charge in [-0.05, 0) is 26.4 Å². The summed E-state index contributed by atoms with van der Waals surface area (Å²) in [6.07, 6.45) is 2.49.